The molecule has 0 aliphatic carbocycles. The fraction of sp³-hybridized carbons (Fsp3) is 0.273. The van der Waals surface area contributed by atoms with Crippen LogP contribution in [-0.4, -0.2) is 14.8 Å². The average Bonchev–Trinajstić information content (AvgIpc) is 2.62. The molecular formula is C11H14N4. The highest BCUT2D eigenvalue weighted by Crippen LogP contribution is 2.24. The minimum atomic E-state index is 0.317. The molecule has 0 spiro atoms. The molecule has 0 atom stereocenters. The summed E-state index contributed by atoms with van der Waals surface area (Å²) in [5, 5.41) is 4.43. The van der Waals surface area contributed by atoms with E-state index in [-0.39, 0.29) is 0 Å². The number of aromatic nitrogens is 3. The normalized spacial score (nSPS) is 10.9. The molecule has 2 heterocycles. The van der Waals surface area contributed by atoms with Gasteiger partial charge in [0.2, 0.25) is 0 Å². The summed E-state index contributed by atoms with van der Waals surface area (Å²) in [4.78, 5) is 4.05. The van der Waals surface area contributed by atoms with E-state index in [4.69, 9.17) is 5.73 Å². The van der Waals surface area contributed by atoms with Gasteiger partial charge in [-0.1, -0.05) is 0 Å². The molecule has 0 aromatic carbocycles. The van der Waals surface area contributed by atoms with Crippen LogP contribution < -0.4 is 5.73 Å². The Morgan fingerprint density at radius 2 is 2.20 bits per heavy atom. The first kappa shape index (κ1) is 9.71. The van der Waals surface area contributed by atoms with Gasteiger partial charge in [-0.15, -0.1) is 0 Å². The zero-order chi connectivity index (χ0) is 10.8. The molecule has 2 rings (SSSR count). The first-order valence-electron chi connectivity index (χ1n) is 4.93. The lowest BCUT2D eigenvalue weighted by Gasteiger charge is -2.03. The summed E-state index contributed by atoms with van der Waals surface area (Å²) in [6.07, 6.45) is 5.36. The maximum absolute atomic E-state index is 5.90. The SMILES string of the molecule is CC(C)n1cc(N)c(-c2cccnc2)n1. The van der Waals surface area contributed by atoms with Gasteiger partial charge in [-0.3, -0.25) is 9.67 Å². The van der Waals surface area contributed by atoms with Crippen molar-refractivity contribution in [3.63, 3.8) is 0 Å². The van der Waals surface area contributed by atoms with Crippen molar-refractivity contribution in [2.24, 2.45) is 0 Å². The van der Waals surface area contributed by atoms with Crippen molar-refractivity contribution in [2.45, 2.75) is 19.9 Å². The highest BCUT2D eigenvalue weighted by atomic mass is 15.3. The Bertz CT molecular complexity index is 445. The number of nitrogen functional groups attached to an aromatic ring is 1. The van der Waals surface area contributed by atoms with E-state index in [0.717, 1.165) is 11.3 Å². The summed E-state index contributed by atoms with van der Waals surface area (Å²) in [5.74, 6) is 0. The van der Waals surface area contributed by atoms with Crippen molar-refractivity contribution >= 4 is 5.69 Å². The van der Waals surface area contributed by atoms with Crippen molar-refractivity contribution in [3.05, 3.63) is 30.7 Å². The van der Waals surface area contributed by atoms with Crippen LogP contribution in [0.15, 0.2) is 30.7 Å². The quantitative estimate of drug-likeness (QED) is 0.811. The van der Waals surface area contributed by atoms with Gasteiger partial charge < -0.3 is 5.73 Å². The molecular weight excluding hydrogens is 188 g/mol. The Balaban J connectivity index is 2.45. The minimum absolute atomic E-state index is 0.317. The van der Waals surface area contributed by atoms with Crippen LogP contribution in [0.4, 0.5) is 5.69 Å². The molecule has 4 heteroatoms. The van der Waals surface area contributed by atoms with Crippen LogP contribution in [0.1, 0.15) is 19.9 Å². The van der Waals surface area contributed by atoms with Gasteiger partial charge in [-0.25, -0.2) is 0 Å². The van der Waals surface area contributed by atoms with E-state index >= 15 is 0 Å². The van der Waals surface area contributed by atoms with Crippen LogP contribution >= 0.6 is 0 Å². The molecule has 2 aromatic heterocycles. The van der Waals surface area contributed by atoms with Crippen LogP contribution in [-0.2, 0) is 0 Å². The molecule has 0 saturated heterocycles. The van der Waals surface area contributed by atoms with Gasteiger partial charge in [0.05, 0.1) is 5.69 Å². The highest BCUT2D eigenvalue weighted by Gasteiger charge is 2.09. The Labute approximate surface area is 88.8 Å². The Morgan fingerprint density at radius 1 is 1.40 bits per heavy atom. The topological polar surface area (TPSA) is 56.7 Å². The van der Waals surface area contributed by atoms with Gasteiger partial charge in [0, 0.05) is 30.2 Å². The summed E-state index contributed by atoms with van der Waals surface area (Å²) in [6.45, 7) is 4.14. The Hall–Kier alpha value is -1.84. The number of hydrogen-bond acceptors (Lipinski definition) is 3. The van der Waals surface area contributed by atoms with Gasteiger partial charge >= 0.3 is 0 Å². The van der Waals surface area contributed by atoms with E-state index in [0.29, 0.717) is 11.7 Å². The van der Waals surface area contributed by atoms with Gasteiger partial charge in [0.1, 0.15) is 5.69 Å². The van der Waals surface area contributed by atoms with Crippen LogP contribution in [0.25, 0.3) is 11.3 Å². The molecule has 0 bridgehead atoms. The number of nitrogens with zero attached hydrogens (tertiary/aromatic N) is 3. The van der Waals surface area contributed by atoms with Gasteiger partial charge in [-0.2, -0.15) is 5.10 Å². The van der Waals surface area contributed by atoms with E-state index in [1.54, 1.807) is 12.4 Å². The molecule has 0 radical (unpaired) electrons. The molecule has 2 aromatic rings. The second-order valence-corrected chi connectivity index (χ2v) is 3.75. The molecule has 0 fully saturated rings. The van der Waals surface area contributed by atoms with Crippen LogP contribution in [0.5, 0.6) is 0 Å². The highest BCUT2D eigenvalue weighted by molar-refractivity contribution is 5.71. The van der Waals surface area contributed by atoms with E-state index < -0.39 is 0 Å². The van der Waals surface area contributed by atoms with Gasteiger partial charge in [-0.05, 0) is 26.0 Å². The lowest BCUT2D eigenvalue weighted by atomic mass is 10.2. The molecule has 0 aliphatic rings. The zero-order valence-corrected chi connectivity index (χ0v) is 8.88. The predicted octanol–water partition coefficient (Wildman–Crippen LogP) is 2.11. The van der Waals surface area contributed by atoms with E-state index in [1.165, 1.54) is 0 Å². The van der Waals surface area contributed by atoms with E-state index in [9.17, 15) is 0 Å². The van der Waals surface area contributed by atoms with Crippen molar-refractivity contribution in [3.8, 4) is 11.3 Å². The summed E-state index contributed by atoms with van der Waals surface area (Å²) in [5.41, 5.74) is 8.35. The predicted molar refractivity (Wildman–Crippen MR) is 60.3 cm³/mol. The number of nitrogens with two attached hydrogens (primary N) is 1. The largest absolute Gasteiger partial charge is 0.396 e. The molecule has 0 aliphatic heterocycles. The fourth-order valence-corrected chi connectivity index (χ4v) is 1.40. The summed E-state index contributed by atoms with van der Waals surface area (Å²) in [7, 11) is 0. The number of rotatable bonds is 2. The molecule has 2 N–H and O–H groups in total. The van der Waals surface area contributed by atoms with Crippen molar-refractivity contribution < 1.29 is 0 Å². The minimum Gasteiger partial charge on any atom is -0.396 e. The number of anilines is 1. The summed E-state index contributed by atoms with van der Waals surface area (Å²) in [6, 6.07) is 4.15. The molecule has 0 unspecified atom stereocenters. The Kier molecular flexibility index (Phi) is 2.41. The average molecular weight is 202 g/mol. The third-order valence-electron chi connectivity index (χ3n) is 2.22. The Morgan fingerprint density at radius 3 is 2.73 bits per heavy atom. The van der Waals surface area contributed by atoms with Crippen LogP contribution in [0, 0.1) is 0 Å². The molecule has 0 amide bonds. The van der Waals surface area contributed by atoms with Crippen LogP contribution in [0.3, 0.4) is 0 Å². The zero-order valence-electron chi connectivity index (χ0n) is 8.88. The third kappa shape index (κ3) is 1.83. The third-order valence-corrected chi connectivity index (χ3v) is 2.22. The molecule has 0 saturated carbocycles. The first-order valence-corrected chi connectivity index (χ1v) is 4.93. The first-order chi connectivity index (χ1) is 7.18. The standard InChI is InChI=1S/C11H14N4/c1-8(2)15-7-10(12)11(14-15)9-4-3-5-13-6-9/h3-8H,12H2,1-2H3. The van der Waals surface area contributed by atoms with Crippen LogP contribution in [0.2, 0.25) is 0 Å². The number of hydrogen-bond donors (Lipinski definition) is 1. The second kappa shape index (κ2) is 3.73. The lowest BCUT2D eigenvalue weighted by molar-refractivity contribution is 0.534. The fourth-order valence-electron chi connectivity index (χ4n) is 1.40. The molecule has 4 nitrogen and oxygen atoms in total. The maximum atomic E-state index is 5.90. The van der Waals surface area contributed by atoms with Gasteiger partial charge in [0.15, 0.2) is 0 Å². The molecule has 78 valence electrons. The monoisotopic (exact) mass is 202 g/mol. The van der Waals surface area contributed by atoms with Crippen molar-refractivity contribution in [1.29, 1.82) is 0 Å². The number of pyridine rings is 1. The molecule has 15 heavy (non-hydrogen) atoms. The van der Waals surface area contributed by atoms with E-state index in [1.807, 2.05) is 23.0 Å². The summed E-state index contributed by atoms with van der Waals surface area (Å²) < 4.78 is 1.86. The maximum Gasteiger partial charge on any atom is 0.117 e. The van der Waals surface area contributed by atoms with Crippen molar-refractivity contribution in [2.75, 3.05) is 5.73 Å². The smallest absolute Gasteiger partial charge is 0.117 e. The second-order valence-electron chi connectivity index (χ2n) is 3.75. The lowest BCUT2D eigenvalue weighted by Crippen LogP contribution is -2.00. The van der Waals surface area contributed by atoms with Gasteiger partial charge in [0.25, 0.3) is 0 Å². The van der Waals surface area contributed by atoms with E-state index in [2.05, 4.69) is 23.9 Å². The van der Waals surface area contributed by atoms with Crippen molar-refractivity contribution in [1.82, 2.24) is 14.8 Å². The summed E-state index contributed by atoms with van der Waals surface area (Å²) >= 11 is 0.